The van der Waals surface area contributed by atoms with Crippen LogP contribution in [0.1, 0.15) is 51.1 Å². The number of rotatable bonds is 4. The molecule has 0 saturated heterocycles. The molecule has 1 unspecified atom stereocenters. The van der Waals surface area contributed by atoms with Crippen molar-refractivity contribution in [3.63, 3.8) is 0 Å². The van der Waals surface area contributed by atoms with E-state index in [9.17, 15) is 0 Å². The summed E-state index contributed by atoms with van der Waals surface area (Å²) in [5.41, 5.74) is 2.75. The molecule has 1 aliphatic rings. The van der Waals surface area contributed by atoms with Crippen LogP contribution >= 0.6 is 15.9 Å². The molecule has 20 heavy (non-hydrogen) atoms. The quantitative estimate of drug-likeness (QED) is 0.852. The van der Waals surface area contributed by atoms with E-state index in [1.165, 1.54) is 36.9 Å². The highest BCUT2D eigenvalue weighted by molar-refractivity contribution is 9.10. The lowest BCUT2D eigenvalue weighted by Crippen LogP contribution is -2.36. The minimum atomic E-state index is 0.378. The van der Waals surface area contributed by atoms with Crippen LogP contribution in [0.15, 0.2) is 22.7 Å². The molecular weight excluding hydrogens is 312 g/mol. The number of hydrogen-bond donors (Lipinski definition) is 1. The molecule has 1 aromatic rings. The smallest absolute Gasteiger partial charge is 0.0425 e. The van der Waals surface area contributed by atoms with Crippen LogP contribution in [-0.2, 0) is 0 Å². The largest absolute Gasteiger partial charge is 0.371 e. The Kier molecular flexibility index (Phi) is 5.50. The van der Waals surface area contributed by atoms with Gasteiger partial charge in [0.25, 0.3) is 0 Å². The van der Waals surface area contributed by atoms with Gasteiger partial charge in [-0.2, -0.15) is 0 Å². The van der Waals surface area contributed by atoms with Gasteiger partial charge in [-0.05, 0) is 63.3 Å². The molecule has 0 bridgehead atoms. The van der Waals surface area contributed by atoms with Crippen molar-refractivity contribution in [2.24, 2.45) is 5.92 Å². The van der Waals surface area contributed by atoms with Crippen LogP contribution in [0.4, 0.5) is 5.69 Å². The van der Waals surface area contributed by atoms with Crippen LogP contribution in [0, 0.1) is 5.92 Å². The fourth-order valence-electron chi connectivity index (χ4n) is 3.17. The van der Waals surface area contributed by atoms with E-state index in [1.807, 2.05) is 7.05 Å². The lowest BCUT2D eigenvalue weighted by Gasteiger charge is -2.37. The first kappa shape index (κ1) is 15.8. The van der Waals surface area contributed by atoms with E-state index < -0.39 is 0 Å². The maximum Gasteiger partial charge on any atom is 0.0425 e. The molecule has 0 spiro atoms. The summed E-state index contributed by atoms with van der Waals surface area (Å²) in [5.74, 6) is 0.901. The summed E-state index contributed by atoms with van der Waals surface area (Å²) in [6.07, 6.45) is 5.36. The second-order valence-corrected chi connectivity index (χ2v) is 7.15. The normalized spacial score (nSPS) is 24.4. The Labute approximate surface area is 132 Å². The molecule has 2 nitrogen and oxygen atoms in total. The molecule has 1 fully saturated rings. The van der Waals surface area contributed by atoms with Crippen molar-refractivity contribution in [2.45, 2.75) is 51.6 Å². The topological polar surface area (TPSA) is 15.3 Å². The first-order chi connectivity index (χ1) is 9.52. The summed E-state index contributed by atoms with van der Waals surface area (Å²) in [5, 5.41) is 3.36. The molecule has 0 amide bonds. The standard InChI is InChI=1S/C17H27BrN2/c1-12-5-8-15(9-6-12)20(4)17-11-14(18)7-10-16(17)13(2)19-3/h7,10-13,15,19H,5-6,8-9H2,1-4H3. The fourth-order valence-corrected chi connectivity index (χ4v) is 3.52. The van der Waals surface area contributed by atoms with E-state index in [4.69, 9.17) is 0 Å². The molecule has 1 atom stereocenters. The van der Waals surface area contributed by atoms with Crippen molar-refractivity contribution < 1.29 is 0 Å². The van der Waals surface area contributed by atoms with Crippen LogP contribution in [-0.4, -0.2) is 20.1 Å². The maximum atomic E-state index is 3.62. The Balaban J connectivity index is 2.23. The van der Waals surface area contributed by atoms with E-state index in [1.54, 1.807) is 0 Å². The molecule has 0 aromatic heterocycles. The molecule has 2 rings (SSSR count). The van der Waals surface area contributed by atoms with E-state index in [2.05, 4.69) is 65.2 Å². The van der Waals surface area contributed by atoms with Gasteiger partial charge < -0.3 is 10.2 Å². The number of benzene rings is 1. The number of hydrogen-bond acceptors (Lipinski definition) is 2. The van der Waals surface area contributed by atoms with Gasteiger partial charge in [0.2, 0.25) is 0 Å². The molecule has 3 heteroatoms. The summed E-state index contributed by atoms with van der Waals surface area (Å²) >= 11 is 3.62. The van der Waals surface area contributed by atoms with Gasteiger partial charge in [-0.3, -0.25) is 0 Å². The van der Waals surface area contributed by atoms with E-state index in [0.717, 1.165) is 10.4 Å². The third-order valence-corrected chi connectivity index (χ3v) is 5.30. The van der Waals surface area contributed by atoms with Crippen LogP contribution in [0.25, 0.3) is 0 Å². The van der Waals surface area contributed by atoms with Crippen molar-refractivity contribution in [3.8, 4) is 0 Å². The van der Waals surface area contributed by atoms with Crippen molar-refractivity contribution in [2.75, 3.05) is 19.0 Å². The summed E-state index contributed by atoms with van der Waals surface area (Å²) in [4.78, 5) is 2.50. The Morgan fingerprint density at radius 3 is 2.50 bits per heavy atom. The molecule has 0 heterocycles. The van der Waals surface area contributed by atoms with Crippen molar-refractivity contribution >= 4 is 21.6 Å². The molecule has 0 aliphatic heterocycles. The molecule has 112 valence electrons. The van der Waals surface area contributed by atoms with Crippen LogP contribution in [0.5, 0.6) is 0 Å². The highest BCUT2D eigenvalue weighted by atomic mass is 79.9. The van der Waals surface area contributed by atoms with Crippen LogP contribution in [0.3, 0.4) is 0 Å². The molecule has 0 radical (unpaired) electrons. The second kappa shape index (κ2) is 6.95. The lowest BCUT2D eigenvalue weighted by molar-refractivity contribution is 0.340. The summed E-state index contributed by atoms with van der Waals surface area (Å²) in [7, 11) is 4.28. The highest BCUT2D eigenvalue weighted by Gasteiger charge is 2.24. The molecule has 1 N–H and O–H groups in total. The summed E-state index contributed by atoms with van der Waals surface area (Å²) in [6, 6.07) is 7.71. The van der Waals surface area contributed by atoms with E-state index in [-0.39, 0.29) is 0 Å². The first-order valence-corrected chi connectivity index (χ1v) is 8.51. The fraction of sp³-hybridized carbons (Fsp3) is 0.647. The van der Waals surface area contributed by atoms with Crippen molar-refractivity contribution in [1.29, 1.82) is 0 Å². The first-order valence-electron chi connectivity index (χ1n) is 7.72. The molecular formula is C17H27BrN2. The zero-order valence-electron chi connectivity index (χ0n) is 13.1. The minimum absolute atomic E-state index is 0.378. The molecule has 1 aliphatic carbocycles. The van der Waals surface area contributed by atoms with Gasteiger partial charge in [0.05, 0.1) is 0 Å². The Hall–Kier alpha value is -0.540. The molecule has 1 aromatic carbocycles. The summed E-state index contributed by atoms with van der Waals surface area (Å²) in [6.45, 7) is 4.60. The number of nitrogens with one attached hydrogen (secondary N) is 1. The minimum Gasteiger partial charge on any atom is -0.371 e. The zero-order valence-corrected chi connectivity index (χ0v) is 14.7. The predicted molar refractivity (Wildman–Crippen MR) is 91.4 cm³/mol. The van der Waals surface area contributed by atoms with Gasteiger partial charge in [0.15, 0.2) is 0 Å². The van der Waals surface area contributed by atoms with Crippen LogP contribution < -0.4 is 10.2 Å². The Bertz CT molecular complexity index is 439. The third kappa shape index (κ3) is 3.56. The van der Waals surface area contributed by atoms with Crippen LogP contribution in [0.2, 0.25) is 0 Å². The van der Waals surface area contributed by atoms with Gasteiger partial charge in [0, 0.05) is 29.3 Å². The zero-order chi connectivity index (χ0) is 14.7. The number of anilines is 1. The van der Waals surface area contributed by atoms with Gasteiger partial charge in [-0.25, -0.2) is 0 Å². The number of nitrogens with zero attached hydrogens (tertiary/aromatic N) is 1. The van der Waals surface area contributed by atoms with Gasteiger partial charge in [0.1, 0.15) is 0 Å². The monoisotopic (exact) mass is 338 g/mol. The third-order valence-electron chi connectivity index (χ3n) is 4.81. The van der Waals surface area contributed by atoms with Crippen molar-refractivity contribution in [1.82, 2.24) is 5.32 Å². The maximum absolute atomic E-state index is 3.62. The van der Waals surface area contributed by atoms with E-state index in [0.29, 0.717) is 12.1 Å². The predicted octanol–water partition coefficient (Wildman–Crippen LogP) is 4.74. The van der Waals surface area contributed by atoms with E-state index >= 15 is 0 Å². The average Bonchev–Trinajstić information content (AvgIpc) is 2.46. The van der Waals surface area contributed by atoms with Gasteiger partial charge >= 0.3 is 0 Å². The Morgan fingerprint density at radius 2 is 1.90 bits per heavy atom. The van der Waals surface area contributed by atoms with Gasteiger partial charge in [-0.1, -0.05) is 28.9 Å². The second-order valence-electron chi connectivity index (χ2n) is 6.24. The van der Waals surface area contributed by atoms with Gasteiger partial charge in [-0.15, -0.1) is 0 Å². The summed E-state index contributed by atoms with van der Waals surface area (Å²) < 4.78 is 1.16. The van der Waals surface area contributed by atoms with Crippen molar-refractivity contribution in [3.05, 3.63) is 28.2 Å². The highest BCUT2D eigenvalue weighted by Crippen LogP contribution is 2.34. The number of halogens is 1. The lowest BCUT2D eigenvalue weighted by atomic mass is 9.86. The molecule has 1 saturated carbocycles. The Morgan fingerprint density at radius 1 is 1.25 bits per heavy atom. The average molecular weight is 339 g/mol. The SMILES string of the molecule is CNC(C)c1ccc(Br)cc1N(C)C1CCC(C)CC1.